The molecule has 0 bridgehead atoms. The Hall–Kier alpha value is -1.75. The summed E-state index contributed by atoms with van der Waals surface area (Å²) in [6.45, 7) is 1.53. The summed E-state index contributed by atoms with van der Waals surface area (Å²) in [4.78, 5) is 8.52. The van der Waals surface area contributed by atoms with Crippen molar-refractivity contribution in [3.8, 4) is 0 Å². The molecule has 0 amide bonds. The van der Waals surface area contributed by atoms with Crippen molar-refractivity contribution < 1.29 is 0 Å². The summed E-state index contributed by atoms with van der Waals surface area (Å²) in [6, 6.07) is 6.84. The van der Waals surface area contributed by atoms with Crippen LogP contribution >= 0.6 is 0 Å². The number of rotatable bonds is 5. The van der Waals surface area contributed by atoms with Crippen molar-refractivity contribution in [1.29, 1.82) is 0 Å². The molecule has 0 atom stereocenters. The Morgan fingerprint density at radius 3 is 2.94 bits per heavy atom. The summed E-state index contributed by atoms with van der Waals surface area (Å²) < 4.78 is 1.78. The van der Waals surface area contributed by atoms with E-state index in [2.05, 4.69) is 26.4 Å². The van der Waals surface area contributed by atoms with Crippen molar-refractivity contribution in [2.45, 2.75) is 32.0 Å². The summed E-state index contributed by atoms with van der Waals surface area (Å²) >= 11 is 0. The maximum Gasteiger partial charge on any atom is 0.137 e. The van der Waals surface area contributed by atoms with Gasteiger partial charge < -0.3 is 5.32 Å². The maximum atomic E-state index is 4.60. The van der Waals surface area contributed by atoms with Gasteiger partial charge in [-0.3, -0.25) is 4.98 Å². The maximum absolute atomic E-state index is 4.60. The third-order valence-corrected chi connectivity index (χ3v) is 2.80. The van der Waals surface area contributed by atoms with E-state index >= 15 is 0 Å². The third-order valence-electron chi connectivity index (χ3n) is 2.80. The molecule has 0 aromatic carbocycles. The van der Waals surface area contributed by atoms with E-state index < -0.39 is 0 Å². The molecule has 5 nitrogen and oxygen atoms in total. The molecule has 2 aromatic heterocycles. The first-order valence-corrected chi connectivity index (χ1v) is 5.91. The Labute approximate surface area is 99.9 Å². The molecular weight excluding hydrogens is 214 g/mol. The lowest BCUT2D eigenvalue weighted by Gasteiger charge is -2.05. The molecule has 1 N–H and O–H groups in total. The van der Waals surface area contributed by atoms with Gasteiger partial charge in [-0.1, -0.05) is 6.07 Å². The molecule has 2 heterocycles. The van der Waals surface area contributed by atoms with Crippen LogP contribution in [0, 0.1) is 0 Å². The van der Waals surface area contributed by atoms with E-state index in [0.29, 0.717) is 6.54 Å². The molecule has 17 heavy (non-hydrogen) atoms. The number of pyridine rings is 1. The Morgan fingerprint density at radius 2 is 2.18 bits per heavy atom. The van der Waals surface area contributed by atoms with Gasteiger partial charge in [0.15, 0.2) is 0 Å². The minimum Gasteiger partial charge on any atom is -0.308 e. The Balaban J connectivity index is 1.65. The second-order valence-corrected chi connectivity index (χ2v) is 4.37. The van der Waals surface area contributed by atoms with E-state index in [-0.39, 0.29) is 0 Å². The fraction of sp³-hybridized carbons (Fsp3) is 0.417. The zero-order valence-corrected chi connectivity index (χ0v) is 9.58. The Morgan fingerprint density at radius 1 is 1.29 bits per heavy atom. The normalized spacial score (nSPS) is 15.1. The van der Waals surface area contributed by atoms with Crippen LogP contribution in [-0.2, 0) is 13.1 Å². The van der Waals surface area contributed by atoms with Crippen LogP contribution in [0.2, 0.25) is 0 Å². The van der Waals surface area contributed by atoms with Crippen molar-refractivity contribution in [2.24, 2.45) is 0 Å². The lowest BCUT2D eigenvalue weighted by atomic mass is 10.3. The van der Waals surface area contributed by atoms with E-state index in [1.807, 2.05) is 12.1 Å². The van der Waals surface area contributed by atoms with Gasteiger partial charge in [-0.15, -0.1) is 0 Å². The van der Waals surface area contributed by atoms with Gasteiger partial charge in [0.25, 0.3) is 0 Å². The first kappa shape index (κ1) is 10.4. The van der Waals surface area contributed by atoms with Crippen LogP contribution in [0.1, 0.15) is 24.2 Å². The highest BCUT2D eigenvalue weighted by Gasteiger charge is 2.20. The predicted octanol–water partition coefficient (Wildman–Crippen LogP) is 0.973. The molecule has 5 heteroatoms. The zero-order valence-electron chi connectivity index (χ0n) is 9.58. The molecule has 1 aliphatic carbocycles. The number of nitrogens with zero attached hydrogens (tertiary/aromatic N) is 4. The summed E-state index contributed by atoms with van der Waals surface area (Å²) in [6.07, 6.45) is 5.85. The van der Waals surface area contributed by atoms with Crippen molar-refractivity contribution in [1.82, 2.24) is 25.1 Å². The van der Waals surface area contributed by atoms with Crippen LogP contribution in [-0.4, -0.2) is 25.8 Å². The average Bonchev–Trinajstić information content (AvgIpc) is 3.05. The van der Waals surface area contributed by atoms with Gasteiger partial charge in [-0.25, -0.2) is 9.67 Å². The highest BCUT2D eigenvalue weighted by Crippen LogP contribution is 2.19. The number of hydrogen-bond donors (Lipinski definition) is 1. The molecule has 0 aliphatic heterocycles. The van der Waals surface area contributed by atoms with E-state index in [1.54, 1.807) is 17.3 Å². The van der Waals surface area contributed by atoms with Crippen LogP contribution in [0.3, 0.4) is 0 Å². The van der Waals surface area contributed by atoms with Gasteiger partial charge in [0, 0.05) is 12.6 Å². The fourth-order valence-electron chi connectivity index (χ4n) is 1.73. The van der Waals surface area contributed by atoms with Crippen LogP contribution in [0.5, 0.6) is 0 Å². The molecule has 2 aromatic rings. The van der Waals surface area contributed by atoms with Gasteiger partial charge in [-0.2, -0.15) is 5.10 Å². The highest BCUT2D eigenvalue weighted by atomic mass is 15.3. The minimum atomic E-state index is 0.678. The standard InChI is InChI=1S/C12H15N5/c1-2-11(6-14-10-4-5-10)16-12(3-1)7-17-9-13-8-15-17/h1-3,8-10,14H,4-7H2. The third kappa shape index (κ3) is 2.88. The molecule has 3 rings (SSSR count). The van der Waals surface area contributed by atoms with Crippen molar-refractivity contribution in [2.75, 3.05) is 0 Å². The van der Waals surface area contributed by atoms with Crippen LogP contribution < -0.4 is 5.32 Å². The SMILES string of the molecule is c1cc(CNC2CC2)nc(Cn2cncn2)c1. The summed E-state index contributed by atoms with van der Waals surface area (Å²) in [7, 11) is 0. The summed E-state index contributed by atoms with van der Waals surface area (Å²) in [5.41, 5.74) is 2.11. The van der Waals surface area contributed by atoms with E-state index in [1.165, 1.54) is 12.8 Å². The topological polar surface area (TPSA) is 55.6 Å². The second-order valence-electron chi connectivity index (χ2n) is 4.37. The van der Waals surface area contributed by atoms with E-state index in [9.17, 15) is 0 Å². The van der Waals surface area contributed by atoms with E-state index in [4.69, 9.17) is 0 Å². The summed E-state index contributed by atoms with van der Waals surface area (Å²) in [5.74, 6) is 0. The van der Waals surface area contributed by atoms with Crippen molar-refractivity contribution >= 4 is 0 Å². The number of nitrogens with one attached hydrogen (secondary N) is 1. The lowest BCUT2D eigenvalue weighted by molar-refractivity contribution is 0.648. The Kier molecular flexibility index (Phi) is 2.83. The average molecular weight is 229 g/mol. The van der Waals surface area contributed by atoms with Crippen molar-refractivity contribution in [3.63, 3.8) is 0 Å². The van der Waals surface area contributed by atoms with Gasteiger partial charge >= 0.3 is 0 Å². The van der Waals surface area contributed by atoms with Gasteiger partial charge in [0.2, 0.25) is 0 Å². The van der Waals surface area contributed by atoms with Gasteiger partial charge in [0.1, 0.15) is 12.7 Å². The first-order chi connectivity index (χ1) is 8.40. The molecule has 0 unspecified atom stereocenters. The molecular formula is C12H15N5. The lowest BCUT2D eigenvalue weighted by Crippen LogP contribution is -2.16. The second kappa shape index (κ2) is 4.63. The monoisotopic (exact) mass is 229 g/mol. The smallest absolute Gasteiger partial charge is 0.137 e. The van der Waals surface area contributed by atoms with Crippen molar-refractivity contribution in [3.05, 3.63) is 42.2 Å². The fourth-order valence-corrected chi connectivity index (χ4v) is 1.73. The Bertz CT molecular complexity index is 475. The molecule has 1 saturated carbocycles. The van der Waals surface area contributed by atoms with Gasteiger partial charge in [-0.05, 0) is 25.0 Å². The molecule has 0 saturated heterocycles. The molecule has 1 fully saturated rings. The van der Waals surface area contributed by atoms with Crippen LogP contribution in [0.15, 0.2) is 30.9 Å². The zero-order chi connectivity index (χ0) is 11.5. The largest absolute Gasteiger partial charge is 0.308 e. The number of aromatic nitrogens is 4. The summed E-state index contributed by atoms with van der Waals surface area (Å²) in [5, 5.41) is 7.54. The molecule has 1 aliphatic rings. The molecule has 0 spiro atoms. The minimum absolute atomic E-state index is 0.678. The predicted molar refractivity (Wildman–Crippen MR) is 63.2 cm³/mol. The van der Waals surface area contributed by atoms with Crippen LogP contribution in [0.25, 0.3) is 0 Å². The first-order valence-electron chi connectivity index (χ1n) is 5.91. The molecule has 0 radical (unpaired) electrons. The number of hydrogen-bond acceptors (Lipinski definition) is 4. The van der Waals surface area contributed by atoms with Crippen LogP contribution in [0.4, 0.5) is 0 Å². The highest BCUT2D eigenvalue weighted by molar-refractivity contribution is 5.11. The molecule has 88 valence electrons. The quantitative estimate of drug-likeness (QED) is 0.830. The van der Waals surface area contributed by atoms with Gasteiger partial charge in [0.05, 0.1) is 17.9 Å². The van der Waals surface area contributed by atoms with E-state index in [0.717, 1.165) is 24.0 Å².